The van der Waals surface area contributed by atoms with Crippen LogP contribution in [0.5, 0.6) is 0 Å². The Hall–Kier alpha value is -1.95. The predicted molar refractivity (Wildman–Crippen MR) is 57.3 cm³/mol. The van der Waals surface area contributed by atoms with Crippen LogP contribution < -0.4 is 0 Å². The second kappa shape index (κ2) is 4.50. The van der Waals surface area contributed by atoms with Crippen molar-refractivity contribution in [1.29, 1.82) is 0 Å². The van der Waals surface area contributed by atoms with Gasteiger partial charge in [-0.3, -0.25) is 19.3 Å². The van der Waals surface area contributed by atoms with Gasteiger partial charge in [-0.05, 0) is 6.07 Å². The smallest absolute Gasteiger partial charge is 0.255 e. The maximum absolute atomic E-state index is 11.8. The van der Waals surface area contributed by atoms with E-state index in [1.54, 1.807) is 30.1 Å². The molecule has 0 bridgehead atoms. The summed E-state index contributed by atoms with van der Waals surface area (Å²) in [6.45, 7) is -0.507. The molecule has 2 rings (SSSR count). The van der Waals surface area contributed by atoms with Crippen molar-refractivity contribution in [3.8, 4) is 0 Å². The van der Waals surface area contributed by atoms with Crippen LogP contribution in [0.3, 0.4) is 0 Å². The lowest BCUT2D eigenvalue weighted by atomic mass is 10.2. The minimum absolute atomic E-state index is 0.145. The maximum Gasteiger partial charge on any atom is 0.255 e. The summed E-state index contributed by atoms with van der Waals surface area (Å²) in [7, 11) is 1.79. The van der Waals surface area contributed by atoms with Crippen LogP contribution in [0.4, 0.5) is 0 Å². The molecule has 6 nitrogen and oxygen atoms in total. The van der Waals surface area contributed by atoms with Gasteiger partial charge in [0.15, 0.2) is 5.78 Å². The number of ether oxygens (including phenoxy) is 1. The second-order valence-corrected chi connectivity index (χ2v) is 3.86. The number of nitrogens with zero attached hydrogens (tertiary/aromatic N) is 2. The Labute approximate surface area is 97.8 Å². The van der Waals surface area contributed by atoms with E-state index in [2.05, 4.69) is 0 Å². The highest BCUT2D eigenvalue weighted by Gasteiger charge is 2.28. The molecule has 90 valence electrons. The number of hydrogen-bond donors (Lipinski definition) is 0. The van der Waals surface area contributed by atoms with Gasteiger partial charge in [0.2, 0.25) is 0 Å². The number of rotatable bonds is 3. The first-order valence-electron chi connectivity index (χ1n) is 5.14. The van der Waals surface area contributed by atoms with E-state index in [1.165, 1.54) is 0 Å². The average Bonchev–Trinajstić information content (AvgIpc) is 2.70. The number of ketones is 1. The summed E-state index contributed by atoms with van der Waals surface area (Å²) in [6.07, 6.45) is 3.38. The van der Waals surface area contributed by atoms with Crippen LogP contribution >= 0.6 is 0 Å². The number of hydrogen-bond acceptors (Lipinski definition) is 4. The molecular weight excluding hydrogens is 224 g/mol. The molecule has 0 N–H and O–H groups in total. The van der Waals surface area contributed by atoms with Crippen LogP contribution in [-0.4, -0.2) is 46.8 Å². The molecule has 1 saturated heterocycles. The zero-order valence-electron chi connectivity index (χ0n) is 9.38. The van der Waals surface area contributed by atoms with Crippen LogP contribution in [0.1, 0.15) is 10.4 Å². The normalized spacial score (nSPS) is 16.4. The van der Waals surface area contributed by atoms with Crippen LogP contribution in [0.25, 0.3) is 0 Å². The van der Waals surface area contributed by atoms with Crippen LogP contribution in [0.15, 0.2) is 18.5 Å². The summed E-state index contributed by atoms with van der Waals surface area (Å²) < 4.78 is 6.49. The highest BCUT2D eigenvalue weighted by Crippen LogP contribution is 2.06. The number of aryl methyl sites for hydroxylation is 1. The minimum Gasteiger partial charge on any atom is -0.362 e. The molecule has 2 amide bonds. The molecule has 2 heterocycles. The van der Waals surface area contributed by atoms with E-state index in [1.807, 2.05) is 0 Å². The number of carbonyl (C=O) groups is 3. The molecule has 1 aromatic rings. The van der Waals surface area contributed by atoms with Crippen molar-refractivity contribution in [2.24, 2.45) is 7.05 Å². The lowest BCUT2D eigenvalue weighted by molar-refractivity contribution is -0.157. The van der Waals surface area contributed by atoms with E-state index in [-0.39, 0.29) is 25.5 Å². The van der Waals surface area contributed by atoms with Crippen molar-refractivity contribution in [2.45, 2.75) is 0 Å². The Bertz CT molecular complexity index is 462. The summed E-state index contributed by atoms with van der Waals surface area (Å²) in [4.78, 5) is 35.6. The molecule has 0 saturated carbocycles. The number of amides is 2. The minimum atomic E-state index is -0.467. The quantitative estimate of drug-likeness (QED) is 0.528. The third kappa shape index (κ3) is 2.42. The molecule has 1 aromatic heterocycles. The van der Waals surface area contributed by atoms with Crippen LogP contribution in [-0.2, 0) is 21.4 Å². The molecule has 0 aliphatic carbocycles. The number of morpholine rings is 1. The van der Waals surface area contributed by atoms with E-state index >= 15 is 0 Å². The second-order valence-electron chi connectivity index (χ2n) is 3.86. The van der Waals surface area contributed by atoms with Crippen molar-refractivity contribution in [3.05, 3.63) is 24.0 Å². The highest BCUT2D eigenvalue weighted by atomic mass is 16.5. The van der Waals surface area contributed by atoms with Crippen molar-refractivity contribution in [3.63, 3.8) is 0 Å². The fourth-order valence-corrected chi connectivity index (χ4v) is 1.60. The summed E-state index contributed by atoms with van der Waals surface area (Å²) in [5, 5.41) is 0. The van der Waals surface area contributed by atoms with Gasteiger partial charge in [0.05, 0.1) is 6.54 Å². The van der Waals surface area contributed by atoms with E-state index in [4.69, 9.17) is 4.74 Å². The monoisotopic (exact) mass is 236 g/mol. The van der Waals surface area contributed by atoms with Gasteiger partial charge < -0.3 is 9.30 Å². The van der Waals surface area contributed by atoms with Crippen LogP contribution in [0.2, 0.25) is 0 Å². The number of aromatic nitrogens is 1. The molecule has 0 unspecified atom stereocenters. The molecule has 0 atom stereocenters. The molecule has 6 heteroatoms. The SMILES string of the molecule is Cn1ccc(C(=O)CN2C(=O)COCC2=O)c1. The van der Waals surface area contributed by atoms with Gasteiger partial charge in [-0.1, -0.05) is 0 Å². The van der Waals surface area contributed by atoms with E-state index < -0.39 is 11.8 Å². The maximum atomic E-state index is 11.8. The molecule has 1 aliphatic rings. The van der Waals surface area contributed by atoms with Gasteiger partial charge in [-0.2, -0.15) is 0 Å². The number of carbonyl (C=O) groups excluding carboxylic acids is 3. The first-order chi connectivity index (χ1) is 8.08. The Balaban J connectivity index is 2.07. The Morgan fingerprint density at radius 3 is 2.53 bits per heavy atom. The van der Waals surface area contributed by atoms with Gasteiger partial charge >= 0.3 is 0 Å². The van der Waals surface area contributed by atoms with Crippen molar-refractivity contribution >= 4 is 17.6 Å². The fraction of sp³-hybridized carbons (Fsp3) is 0.364. The molecule has 1 fully saturated rings. The lowest BCUT2D eigenvalue weighted by Crippen LogP contribution is -2.48. The largest absolute Gasteiger partial charge is 0.362 e. The molecule has 0 aromatic carbocycles. The summed E-state index contributed by atoms with van der Waals surface area (Å²) >= 11 is 0. The Kier molecular flexibility index (Phi) is 3.06. The third-order valence-electron chi connectivity index (χ3n) is 2.51. The third-order valence-corrected chi connectivity index (χ3v) is 2.51. The van der Waals surface area contributed by atoms with Gasteiger partial charge in [-0.25, -0.2) is 0 Å². The van der Waals surface area contributed by atoms with Gasteiger partial charge in [0.1, 0.15) is 13.2 Å². The zero-order valence-corrected chi connectivity index (χ0v) is 9.38. The average molecular weight is 236 g/mol. The van der Waals surface area contributed by atoms with E-state index in [9.17, 15) is 14.4 Å². The highest BCUT2D eigenvalue weighted by molar-refractivity contribution is 6.05. The Morgan fingerprint density at radius 2 is 2.00 bits per heavy atom. The van der Waals surface area contributed by atoms with Gasteiger partial charge in [0.25, 0.3) is 11.8 Å². The Morgan fingerprint density at radius 1 is 1.35 bits per heavy atom. The first-order valence-corrected chi connectivity index (χ1v) is 5.14. The van der Waals surface area contributed by atoms with Gasteiger partial charge in [-0.15, -0.1) is 0 Å². The molecule has 17 heavy (non-hydrogen) atoms. The number of imide groups is 1. The molecular formula is C11H12N2O4. The number of Topliss-reactive ketones (excluding diaryl/α,β-unsaturated/α-hetero) is 1. The summed E-state index contributed by atoms with van der Waals surface area (Å²) in [5.41, 5.74) is 0.486. The van der Waals surface area contributed by atoms with Crippen molar-refractivity contribution in [1.82, 2.24) is 9.47 Å². The van der Waals surface area contributed by atoms with Crippen molar-refractivity contribution < 1.29 is 19.1 Å². The molecule has 0 radical (unpaired) electrons. The summed E-state index contributed by atoms with van der Waals surface area (Å²) in [5.74, 6) is -1.19. The standard InChI is InChI=1S/C11H12N2O4/c1-12-3-2-8(4-12)9(14)5-13-10(15)6-17-7-11(13)16/h2-4H,5-7H2,1H3. The zero-order chi connectivity index (χ0) is 12.4. The molecule has 1 aliphatic heterocycles. The topological polar surface area (TPSA) is 68.6 Å². The fourth-order valence-electron chi connectivity index (χ4n) is 1.60. The van der Waals surface area contributed by atoms with E-state index in [0.29, 0.717) is 5.56 Å². The lowest BCUT2D eigenvalue weighted by Gasteiger charge is -2.23. The van der Waals surface area contributed by atoms with E-state index in [0.717, 1.165) is 4.90 Å². The first kappa shape index (κ1) is 11.5. The van der Waals surface area contributed by atoms with Gasteiger partial charge in [0, 0.05) is 25.0 Å². The molecule has 0 spiro atoms. The van der Waals surface area contributed by atoms with Crippen molar-refractivity contribution in [2.75, 3.05) is 19.8 Å². The summed E-state index contributed by atoms with van der Waals surface area (Å²) in [6, 6.07) is 1.65. The predicted octanol–water partition coefficient (Wildman–Crippen LogP) is -0.407. The van der Waals surface area contributed by atoms with Crippen LogP contribution in [0, 0.1) is 0 Å².